The van der Waals surface area contributed by atoms with Crippen LogP contribution in [0.5, 0.6) is 0 Å². The summed E-state index contributed by atoms with van der Waals surface area (Å²) in [5, 5.41) is 18.5. The number of hydrogen-bond donors (Lipinski definition) is 2. The van der Waals surface area contributed by atoms with E-state index in [0.717, 1.165) is 5.56 Å². The summed E-state index contributed by atoms with van der Waals surface area (Å²) in [6, 6.07) is 12.0. The lowest BCUT2D eigenvalue weighted by Crippen LogP contribution is -2.57. The summed E-state index contributed by atoms with van der Waals surface area (Å²) in [4.78, 5) is 27.8. The number of carboxylic acid groups (broad SMARTS) is 1. The van der Waals surface area contributed by atoms with E-state index in [1.165, 1.54) is 36.3 Å². The molecule has 1 aromatic carbocycles. The molecule has 0 radical (unpaired) electrons. The van der Waals surface area contributed by atoms with Crippen LogP contribution >= 0.6 is 11.8 Å². The van der Waals surface area contributed by atoms with Crippen LogP contribution in [0.1, 0.15) is 21.5 Å². The molecular weight excluding hydrogens is 326 g/mol. The largest absolute Gasteiger partial charge is 0.480 e. The molecule has 0 bridgehead atoms. The lowest BCUT2D eigenvalue weighted by atomic mass is 9.93. The fourth-order valence-electron chi connectivity index (χ4n) is 2.06. The number of ketones is 1. The number of aromatic nitrogens is 1. The number of thioether (sulfide) groups is 1. The van der Waals surface area contributed by atoms with E-state index >= 15 is 0 Å². The van der Waals surface area contributed by atoms with Crippen LogP contribution in [0.15, 0.2) is 48.8 Å². The normalized spacial score (nSPS) is 12.8. The number of carbonyl (C=O) groups excluding carboxylic acids is 1. The summed E-state index contributed by atoms with van der Waals surface area (Å²) in [6.45, 7) is 0. The first-order valence-corrected chi connectivity index (χ1v) is 8.17. The van der Waals surface area contributed by atoms with Crippen LogP contribution in [0, 0.1) is 11.3 Å². The van der Waals surface area contributed by atoms with Gasteiger partial charge in [0.25, 0.3) is 0 Å². The molecule has 0 aliphatic carbocycles. The highest BCUT2D eigenvalue weighted by Gasteiger charge is 2.42. The van der Waals surface area contributed by atoms with Crippen LogP contribution < -0.4 is 5.73 Å². The van der Waals surface area contributed by atoms with Gasteiger partial charge in [0.2, 0.25) is 0 Å². The van der Waals surface area contributed by atoms with Gasteiger partial charge in [-0.25, -0.2) is 4.79 Å². The number of nitrogens with two attached hydrogens (primary N) is 1. The maximum Gasteiger partial charge on any atom is 0.332 e. The van der Waals surface area contributed by atoms with Crippen molar-refractivity contribution in [3.8, 4) is 6.07 Å². The molecule has 24 heavy (non-hydrogen) atoms. The summed E-state index contributed by atoms with van der Waals surface area (Å²) in [5.74, 6) is -1.77. The minimum atomic E-state index is -2.03. The van der Waals surface area contributed by atoms with Crippen molar-refractivity contribution in [2.45, 2.75) is 11.3 Å². The van der Waals surface area contributed by atoms with Crippen LogP contribution in [0.2, 0.25) is 0 Å². The summed E-state index contributed by atoms with van der Waals surface area (Å²) in [5.41, 5.74) is 5.35. The first kappa shape index (κ1) is 17.7. The topological polar surface area (TPSA) is 117 Å². The molecule has 0 fully saturated rings. The Kier molecular flexibility index (Phi) is 5.68. The van der Waals surface area contributed by atoms with Gasteiger partial charge in [0.15, 0.2) is 11.3 Å². The molecule has 1 aromatic heterocycles. The van der Waals surface area contributed by atoms with Crippen molar-refractivity contribution in [2.24, 2.45) is 5.73 Å². The molecule has 1 atom stereocenters. The fourth-order valence-corrected chi connectivity index (χ4v) is 3.21. The third kappa shape index (κ3) is 3.79. The number of nitriles is 1. The van der Waals surface area contributed by atoms with Gasteiger partial charge in [-0.05, 0) is 23.8 Å². The SMILES string of the molecule is N#Cc1ccccc1CSC[C@](N)(C(=O)O)C(=O)c1ccncc1. The zero-order valence-corrected chi connectivity index (χ0v) is 13.5. The quantitative estimate of drug-likeness (QED) is 0.583. The van der Waals surface area contributed by atoms with Crippen LogP contribution in [-0.2, 0) is 10.5 Å². The van der Waals surface area contributed by atoms with Crippen LogP contribution in [0.4, 0.5) is 0 Å². The minimum absolute atomic E-state index is 0.108. The molecule has 0 unspecified atom stereocenters. The maximum absolute atomic E-state index is 12.5. The first-order valence-electron chi connectivity index (χ1n) is 7.02. The molecule has 0 aliphatic heterocycles. The van der Waals surface area contributed by atoms with Crippen molar-refractivity contribution in [3.63, 3.8) is 0 Å². The van der Waals surface area contributed by atoms with Crippen LogP contribution in [0.25, 0.3) is 0 Å². The summed E-state index contributed by atoms with van der Waals surface area (Å²) >= 11 is 1.20. The summed E-state index contributed by atoms with van der Waals surface area (Å²) in [6.07, 6.45) is 2.82. The second-order valence-electron chi connectivity index (χ2n) is 5.10. The average Bonchev–Trinajstić information content (AvgIpc) is 2.61. The Hall–Kier alpha value is -2.69. The van der Waals surface area contributed by atoms with E-state index in [0.29, 0.717) is 11.3 Å². The van der Waals surface area contributed by atoms with Gasteiger partial charge >= 0.3 is 5.97 Å². The van der Waals surface area contributed by atoms with E-state index in [1.807, 2.05) is 0 Å². The highest BCUT2D eigenvalue weighted by molar-refractivity contribution is 7.98. The number of aliphatic carboxylic acids is 1. The molecule has 0 saturated carbocycles. The highest BCUT2D eigenvalue weighted by Crippen LogP contribution is 2.22. The third-order valence-corrected chi connectivity index (χ3v) is 4.63. The van der Waals surface area contributed by atoms with Crippen molar-refractivity contribution in [2.75, 3.05) is 5.75 Å². The minimum Gasteiger partial charge on any atom is -0.480 e. The number of Topliss-reactive ketones (excluding diaryl/α,β-unsaturated/α-hetero) is 1. The van der Waals surface area contributed by atoms with Crippen molar-refractivity contribution in [3.05, 3.63) is 65.5 Å². The molecule has 0 aliphatic rings. The Bertz CT molecular complexity index is 789. The maximum atomic E-state index is 12.5. The predicted molar refractivity (Wildman–Crippen MR) is 90.4 cm³/mol. The van der Waals surface area contributed by atoms with Gasteiger partial charge < -0.3 is 10.8 Å². The monoisotopic (exact) mass is 341 g/mol. The second-order valence-corrected chi connectivity index (χ2v) is 6.09. The van der Waals surface area contributed by atoms with Crippen molar-refractivity contribution in [1.29, 1.82) is 5.26 Å². The van der Waals surface area contributed by atoms with E-state index in [4.69, 9.17) is 11.0 Å². The Labute approximate surface area is 143 Å². The molecule has 1 heterocycles. The molecule has 0 amide bonds. The Morgan fingerprint density at radius 2 is 1.92 bits per heavy atom. The van der Waals surface area contributed by atoms with Gasteiger partial charge in [-0.3, -0.25) is 9.78 Å². The average molecular weight is 341 g/mol. The van der Waals surface area contributed by atoms with Crippen molar-refractivity contribution < 1.29 is 14.7 Å². The molecule has 0 saturated heterocycles. The Morgan fingerprint density at radius 3 is 2.54 bits per heavy atom. The second kappa shape index (κ2) is 7.73. The molecule has 122 valence electrons. The van der Waals surface area contributed by atoms with E-state index < -0.39 is 17.3 Å². The fraction of sp³-hybridized carbons (Fsp3) is 0.176. The molecule has 0 spiro atoms. The Balaban J connectivity index is 2.13. The van der Waals surface area contributed by atoms with E-state index in [1.54, 1.807) is 24.3 Å². The number of carbonyl (C=O) groups is 2. The summed E-state index contributed by atoms with van der Waals surface area (Å²) < 4.78 is 0. The van der Waals surface area contributed by atoms with Gasteiger partial charge in [0.05, 0.1) is 11.6 Å². The summed E-state index contributed by atoms with van der Waals surface area (Å²) in [7, 11) is 0. The van der Waals surface area contributed by atoms with E-state index in [2.05, 4.69) is 11.1 Å². The molecule has 7 heteroatoms. The number of nitrogens with zero attached hydrogens (tertiary/aromatic N) is 2. The molecule has 6 nitrogen and oxygen atoms in total. The number of pyridine rings is 1. The number of hydrogen-bond acceptors (Lipinski definition) is 6. The van der Waals surface area contributed by atoms with Gasteiger partial charge in [-0.2, -0.15) is 17.0 Å². The number of rotatable bonds is 7. The smallest absolute Gasteiger partial charge is 0.332 e. The van der Waals surface area contributed by atoms with Gasteiger partial charge in [0, 0.05) is 29.5 Å². The number of benzene rings is 1. The molecule has 2 rings (SSSR count). The van der Waals surface area contributed by atoms with Crippen molar-refractivity contribution in [1.82, 2.24) is 4.98 Å². The van der Waals surface area contributed by atoms with E-state index in [9.17, 15) is 14.7 Å². The predicted octanol–water partition coefficient (Wildman–Crippen LogP) is 1.85. The lowest BCUT2D eigenvalue weighted by molar-refractivity contribution is -0.140. The van der Waals surface area contributed by atoms with Crippen LogP contribution in [-0.4, -0.2) is 33.1 Å². The van der Waals surface area contributed by atoms with Gasteiger partial charge in [-0.1, -0.05) is 18.2 Å². The zero-order valence-electron chi connectivity index (χ0n) is 12.7. The molecule has 3 N–H and O–H groups in total. The van der Waals surface area contributed by atoms with Gasteiger partial charge in [0.1, 0.15) is 0 Å². The first-order chi connectivity index (χ1) is 11.5. The zero-order chi connectivity index (χ0) is 17.6. The van der Waals surface area contributed by atoms with Crippen LogP contribution in [0.3, 0.4) is 0 Å². The highest BCUT2D eigenvalue weighted by atomic mass is 32.2. The third-order valence-electron chi connectivity index (χ3n) is 3.45. The number of carboxylic acids is 1. The Morgan fingerprint density at radius 1 is 1.25 bits per heavy atom. The van der Waals surface area contributed by atoms with E-state index in [-0.39, 0.29) is 11.3 Å². The standard InChI is InChI=1S/C17H15N3O3S/c18-9-13-3-1-2-4-14(13)10-24-11-17(19,16(22)23)15(21)12-5-7-20-8-6-12/h1-8H,10-11,19H2,(H,22,23)/t17-/m1/s1. The molecule has 2 aromatic rings. The lowest BCUT2D eigenvalue weighted by Gasteiger charge is -2.23. The van der Waals surface area contributed by atoms with Gasteiger partial charge in [-0.15, -0.1) is 0 Å². The molecular formula is C17H15N3O3S. The van der Waals surface area contributed by atoms with Crippen molar-refractivity contribution >= 4 is 23.5 Å².